The van der Waals surface area contributed by atoms with E-state index >= 15 is 0 Å². The lowest BCUT2D eigenvalue weighted by Crippen LogP contribution is -2.43. The third-order valence-electron chi connectivity index (χ3n) is 5.28. The molecule has 4 rings (SSSR count). The second-order valence-corrected chi connectivity index (χ2v) is 10.1. The zero-order valence-corrected chi connectivity index (χ0v) is 20.6. The second kappa shape index (κ2) is 11.3. The predicted octanol–water partition coefficient (Wildman–Crippen LogP) is 1.97. The van der Waals surface area contributed by atoms with Crippen molar-refractivity contribution in [3.63, 3.8) is 0 Å². The summed E-state index contributed by atoms with van der Waals surface area (Å²) in [6.07, 6.45) is -0.517. The third kappa shape index (κ3) is 5.97. The van der Waals surface area contributed by atoms with Gasteiger partial charge in [-0.1, -0.05) is 18.2 Å². The third-order valence-corrected chi connectivity index (χ3v) is 7.05. The molecule has 14 heteroatoms. The zero-order valence-electron chi connectivity index (χ0n) is 19.7. The van der Waals surface area contributed by atoms with Crippen LogP contribution in [-0.4, -0.2) is 56.8 Å². The van der Waals surface area contributed by atoms with Gasteiger partial charge in [0.2, 0.25) is 0 Å². The van der Waals surface area contributed by atoms with Gasteiger partial charge in [-0.2, -0.15) is 9.59 Å². The number of para-hydroxylation sites is 1. The van der Waals surface area contributed by atoms with Crippen LogP contribution in [0.3, 0.4) is 0 Å². The van der Waals surface area contributed by atoms with Gasteiger partial charge in [0.05, 0.1) is 12.9 Å². The number of nitrogen functional groups attached to an aromatic ring is 1. The number of hydrogen-bond donors (Lipinski definition) is 4. The summed E-state index contributed by atoms with van der Waals surface area (Å²) in [7, 11) is -3.82. The van der Waals surface area contributed by atoms with E-state index in [4.69, 9.17) is 33.5 Å². The summed E-state index contributed by atoms with van der Waals surface area (Å²) >= 11 is 0. The molecule has 1 saturated heterocycles. The summed E-state index contributed by atoms with van der Waals surface area (Å²) in [5.41, 5.74) is 5.11. The Morgan fingerprint density at radius 3 is 2.58 bits per heavy atom. The molecule has 1 aromatic carbocycles. The number of benzene rings is 1. The van der Waals surface area contributed by atoms with Crippen LogP contribution in [0.25, 0.3) is 11.1 Å². The summed E-state index contributed by atoms with van der Waals surface area (Å²) in [6.45, 7) is 4.70. The Hall–Kier alpha value is -3.15. The Balaban J connectivity index is 0.00000115. The molecule has 13 nitrogen and oxygen atoms in total. The Kier molecular flexibility index (Phi) is 8.59. The highest BCUT2D eigenvalue weighted by Gasteiger charge is 2.54. The lowest BCUT2D eigenvalue weighted by atomic mass is 9.89. The van der Waals surface area contributed by atoms with Gasteiger partial charge >= 0.3 is 13.9 Å². The minimum Gasteiger partial charge on any atom is -0.458 e. The molecule has 3 aromatic rings. The van der Waals surface area contributed by atoms with E-state index in [0.29, 0.717) is 16.8 Å². The maximum Gasteiger partial charge on any atom is 0.459 e. The van der Waals surface area contributed by atoms with Crippen LogP contribution in [0.2, 0.25) is 0 Å². The quantitative estimate of drug-likeness (QED) is 0.314. The van der Waals surface area contributed by atoms with Crippen molar-refractivity contribution in [1.82, 2.24) is 15.1 Å². The molecule has 0 radical (unpaired) electrons. The minimum absolute atomic E-state index is 0.142. The van der Waals surface area contributed by atoms with Crippen LogP contribution < -0.4 is 15.3 Å². The molecular weight excluding hydrogens is 495 g/mol. The molecule has 194 valence electrons. The Labute approximate surface area is 206 Å². The number of rotatable bonds is 8. The van der Waals surface area contributed by atoms with E-state index in [2.05, 4.69) is 15.1 Å². The Bertz CT molecular complexity index is 1240. The average Bonchev–Trinajstić information content (AvgIpc) is 3.33. The van der Waals surface area contributed by atoms with E-state index in [0.717, 1.165) is 0 Å². The van der Waals surface area contributed by atoms with Crippen LogP contribution in [0.15, 0.2) is 47.3 Å². The van der Waals surface area contributed by atoms with Crippen LogP contribution in [0.1, 0.15) is 32.4 Å². The van der Waals surface area contributed by atoms with Crippen molar-refractivity contribution in [3.05, 3.63) is 48.5 Å². The number of aromatic nitrogens is 2. The van der Waals surface area contributed by atoms with Crippen molar-refractivity contribution in [2.24, 2.45) is 0 Å². The molecule has 1 aliphatic rings. The summed E-state index contributed by atoms with van der Waals surface area (Å²) in [5, 5.41) is 24.6. The molecule has 1 unspecified atom stereocenters. The number of fused-ring (bicyclic) bond motifs is 1. The summed E-state index contributed by atoms with van der Waals surface area (Å²) < 4.78 is 36.0. The van der Waals surface area contributed by atoms with Crippen LogP contribution in [-0.2, 0) is 23.4 Å². The number of carbonyl (C=O) groups excluding carboxylic acids is 2. The van der Waals surface area contributed by atoms with Gasteiger partial charge in [0, 0.05) is 11.6 Å². The molecule has 3 heterocycles. The average molecular weight is 522 g/mol. The fraction of sp³-hybridized carbons (Fsp3) is 0.409. The summed E-state index contributed by atoms with van der Waals surface area (Å²) in [5.74, 6) is 0.497. The van der Waals surface area contributed by atoms with Crippen molar-refractivity contribution in [2.75, 3.05) is 12.3 Å². The minimum atomic E-state index is -3.82. The first-order chi connectivity index (χ1) is 17.0. The van der Waals surface area contributed by atoms with E-state index < -0.39 is 31.7 Å². The molecule has 1 aliphatic heterocycles. The van der Waals surface area contributed by atoms with Gasteiger partial charge in [-0.15, -0.1) is 0 Å². The number of anilines is 1. The number of hydrogen-bond acceptors (Lipinski definition) is 12. The summed E-state index contributed by atoms with van der Waals surface area (Å²) in [6, 6.07) is 8.37. The fourth-order valence-electron chi connectivity index (χ4n) is 3.71. The Morgan fingerprint density at radius 2 is 1.94 bits per heavy atom. The van der Waals surface area contributed by atoms with Crippen LogP contribution in [0, 0.1) is 0 Å². The maximum absolute atomic E-state index is 13.3. The summed E-state index contributed by atoms with van der Waals surface area (Å²) in [4.78, 5) is 24.3. The van der Waals surface area contributed by atoms with Crippen molar-refractivity contribution in [1.29, 1.82) is 0 Å². The maximum atomic E-state index is 13.3. The van der Waals surface area contributed by atoms with E-state index in [1.165, 1.54) is 19.5 Å². The van der Waals surface area contributed by atoms with Gasteiger partial charge in [-0.05, 0) is 32.9 Å². The van der Waals surface area contributed by atoms with E-state index in [1.54, 1.807) is 44.2 Å². The topological polar surface area (TPSA) is 196 Å². The van der Waals surface area contributed by atoms with Gasteiger partial charge in [0.25, 0.3) is 0 Å². The molecule has 0 aliphatic carbocycles. The lowest BCUT2D eigenvalue weighted by molar-refractivity contribution is -0.191. The van der Waals surface area contributed by atoms with Crippen LogP contribution >= 0.6 is 7.75 Å². The molecule has 0 spiro atoms. The molecular formula is C22H27N4O9P. The smallest absolute Gasteiger partial charge is 0.458 e. The van der Waals surface area contributed by atoms with Crippen molar-refractivity contribution in [3.8, 4) is 5.75 Å². The molecule has 0 saturated carbocycles. The van der Waals surface area contributed by atoms with Crippen LogP contribution in [0.5, 0.6) is 5.75 Å². The molecule has 1 fully saturated rings. The first-order valence-electron chi connectivity index (χ1n) is 10.8. The number of nitrogens with zero attached hydrogens (tertiary/aromatic N) is 2. The molecule has 36 heavy (non-hydrogen) atoms. The Morgan fingerprint density at radius 1 is 1.28 bits per heavy atom. The van der Waals surface area contributed by atoms with Crippen molar-refractivity contribution >= 4 is 30.8 Å². The molecule has 0 amide bonds. The largest absolute Gasteiger partial charge is 0.459 e. The molecule has 5 N–H and O–H groups in total. The van der Waals surface area contributed by atoms with E-state index in [9.17, 15) is 14.8 Å². The first-order valence-corrected chi connectivity index (χ1v) is 12.4. The zero-order chi connectivity index (χ0) is 26.5. The van der Waals surface area contributed by atoms with Crippen LogP contribution in [0.4, 0.5) is 5.82 Å². The number of nitrogens with one attached hydrogen (secondary N) is 1. The molecule has 0 bridgehead atoms. The van der Waals surface area contributed by atoms with E-state index in [-0.39, 0.29) is 30.2 Å². The van der Waals surface area contributed by atoms with Gasteiger partial charge < -0.3 is 29.6 Å². The van der Waals surface area contributed by atoms with Gasteiger partial charge in [0.1, 0.15) is 41.5 Å². The van der Waals surface area contributed by atoms with Gasteiger partial charge in [-0.3, -0.25) is 4.52 Å². The molecule has 2 aromatic heterocycles. The highest BCUT2D eigenvalue weighted by Crippen LogP contribution is 2.48. The standard InChI is InChI=1S/C21H27N4O7P.CO2/c1-12(2)25-33(28,32-13-7-5-4-6-8-13)30-10-15-18(26)21(3,27)19(31-15)14-9-29-17-16(14)23-11-24-20(17)22;2-1-3/h4-9,11-12,15,18-19,26-27H,10H2,1-3H3,(H,25,28)(H2,22,23,24);/t15-,18-,19+,21-,33?;/m1./s1. The van der Waals surface area contributed by atoms with Crippen molar-refractivity contribution in [2.45, 2.75) is 50.7 Å². The number of furan rings is 1. The highest BCUT2D eigenvalue weighted by molar-refractivity contribution is 7.52. The predicted molar refractivity (Wildman–Crippen MR) is 124 cm³/mol. The van der Waals surface area contributed by atoms with E-state index in [1.807, 2.05) is 0 Å². The lowest BCUT2D eigenvalue weighted by Gasteiger charge is -2.26. The number of nitrogens with two attached hydrogens (primary N) is 1. The SMILES string of the molecule is CC(C)NP(=O)(OC[C@H]1O[C@@H](c2coc3c(N)ncnc23)[C@](C)(O)[C@@H]1O)Oc1ccccc1.O=C=O. The molecule has 5 atom stereocenters. The monoisotopic (exact) mass is 522 g/mol. The normalized spacial score (nSPS) is 25.1. The first kappa shape index (κ1) is 27.4. The fourth-order valence-corrected chi connectivity index (χ4v) is 5.26. The highest BCUT2D eigenvalue weighted by atomic mass is 31.2. The number of aliphatic hydroxyl groups is 2. The van der Waals surface area contributed by atoms with Gasteiger partial charge in [-0.25, -0.2) is 19.6 Å². The van der Waals surface area contributed by atoms with Crippen molar-refractivity contribution < 1.29 is 42.6 Å². The number of ether oxygens (including phenoxy) is 1. The number of aliphatic hydroxyl groups excluding tert-OH is 1. The second-order valence-electron chi connectivity index (χ2n) is 8.42. The van der Waals surface area contributed by atoms with Gasteiger partial charge in [0.15, 0.2) is 11.4 Å².